The summed E-state index contributed by atoms with van der Waals surface area (Å²) in [4.78, 5) is 31.9. The van der Waals surface area contributed by atoms with Gasteiger partial charge in [0.2, 0.25) is 5.91 Å². The number of nitrogens with zero attached hydrogens (tertiary/aromatic N) is 3. The van der Waals surface area contributed by atoms with E-state index >= 15 is 0 Å². The van der Waals surface area contributed by atoms with E-state index in [1.54, 1.807) is 4.90 Å². The van der Waals surface area contributed by atoms with Crippen molar-refractivity contribution in [1.82, 2.24) is 4.90 Å². The van der Waals surface area contributed by atoms with Gasteiger partial charge in [-0.3, -0.25) is 14.5 Å². The van der Waals surface area contributed by atoms with Crippen LogP contribution < -0.4 is 14.5 Å². The number of hydrogen-bond acceptors (Lipinski definition) is 4. The SMILES string of the molecule is CC[C@H]1Oc2ccc(C)cc2N(CC(=O)N2CCN(c3cccc(C)c3C)CC2)C1=O. The van der Waals surface area contributed by atoms with E-state index in [-0.39, 0.29) is 18.4 Å². The number of aryl methyl sites for hydroxylation is 2. The summed E-state index contributed by atoms with van der Waals surface area (Å²) >= 11 is 0. The number of anilines is 2. The number of amides is 2. The maximum atomic E-state index is 13.1. The Morgan fingerprint density at radius 3 is 2.48 bits per heavy atom. The Morgan fingerprint density at radius 1 is 1.03 bits per heavy atom. The van der Waals surface area contributed by atoms with Crippen molar-refractivity contribution in [3.05, 3.63) is 53.1 Å². The zero-order chi connectivity index (χ0) is 22.1. The normalized spacial score (nSPS) is 18.6. The lowest BCUT2D eigenvalue weighted by atomic mass is 10.1. The van der Waals surface area contributed by atoms with Crippen molar-refractivity contribution in [3.8, 4) is 5.75 Å². The number of hydrogen-bond donors (Lipinski definition) is 0. The first-order valence-electron chi connectivity index (χ1n) is 11.1. The highest BCUT2D eigenvalue weighted by molar-refractivity contribution is 6.04. The third-order valence-electron chi connectivity index (χ3n) is 6.43. The van der Waals surface area contributed by atoms with Crippen LogP contribution in [0.4, 0.5) is 11.4 Å². The summed E-state index contributed by atoms with van der Waals surface area (Å²) in [7, 11) is 0. The zero-order valence-corrected chi connectivity index (χ0v) is 18.9. The minimum absolute atomic E-state index is 0.0156. The maximum absolute atomic E-state index is 13.1. The Balaban J connectivity index is 1.46. The number of rotatable bonds is 4. The molecule has 6 heteroatoms. The van der Waals surface area contributed by atoms with E-state index in [2.05, 4.69) is 36.9 Å². The van der Waals surface area contributed by atoms with Crippen LogP contribution in [0.3, 0.4) is 0 Å². The van der Waals surface area contributed by atoms with Gasteiger partial charge in [0.15, 0.2) is 6.10 Å². The minimum Gasteiger partial charge on any atom is -0.478 e. The molecule has 31 heavy (non-hydrogen) atoms. The first-order valence-corrected chi connectivity index (χ1v) is 11.1. The fraction of sp³-hybridized carbons (Fsp3) is 0.440. The van der Waals surface area contributed by atoms with Gasteiger partial charge in [-0.25, -0.2) is 0 Å². The molecule has 0 N–H and O–H groups in total. The molecule has 2 aromatic carbocycles. The molecule has 2 aliphatic rings. The summed E-state index contributed by atoms with van der Waals surface area (Å²) in [6.45, 7) is 11.1. The Kier molecular flexibility index (Phi) is 5.90. The van der Waals surface area contributed by atoms with Gasteiger partial charge in [-0.05, 0) is 62.1 Å². The van der Waals surface area contributed by atoms with E-state index in [4.69, 9.17) is 4.74 Å². The van der Waals surface area contributed by atoms with Crippen molar-refractivity contribution in [2.24, 2.45) is 0 Å². The quantitative estimate of drug-likeness (QED) is 0.759. The highest BCUT2D eigenvalue weighted by Crippen LogP contribution is 2.35. The average molecular weight is 422 g/mol. The van der Waals surface area contributed by atoms with Gasteiger partial charge in [0.1, 0.15) is 12.3 Å². The monoisotopic (exact) mass is 421 g/mol. The molecule has 164 valence electrons. The molecule has 2 aliphatic heterocycles. The van der Waals surface area contributed by atoms with E-state index in [0.717, 1.165) is 18.7 Å². The summed E-state index contributed by atoms with van der Waals surface area (Å²) < 4.78 is 5.87. The second-order valence-electron chi connectivity index (χ2n) is 8.50. The molecule has 0 radical (unpaired) electrons. The molecule has 1 atom stereocenters. The largest absolute Gasteiger partial charge is 0.478 e. The van der Waals surface area contributed by atoms with E-state index in [0.29, 0.717) is 30.9 Å². The summed E-state index contributed by atoms with van der Waals surface area (Å²) in [6.07, 6.45) is 0.0369. The molecule has 1 fully saturated rings. The molecule has 0 bridgehead atoms. The van der Waals surface area contributed by atoms with Crippen LogP contribution in [-0.4, -0.2) is 55.5 Å². The second kappa shape index (κ2) is 8.61. The Hall–Kier alpha value is -3.02. The van der Waals surface area contributed by atoms with Gasteiger partial charge in [-0.1, -0.05) is 25.1 Å². The van der Waals surface area contributed by atoms with Crippen molar-refractivity contribution < 1.29 is 14.3 Å². The summed E-state index contributed by atoms with van der Waals surface area (Å²) in [5.41, 5.74) is 5.53. The first kappa shape index (κ1) is 21.2. The third kappa shape index (κ3) is 4.11. The zero-order valence-electron chi connectivity index (χ0n) is 18.9. The smallest absolute Gasteiger partial charge is 0.268 e. The average Bonchev–Trinajstić information content (AvgIpc) is 2.77. The number of ether oxygens (including phenoxy) is 1. The number of carbonyl (C=O) groups excluding carboxylic acids is 2. The van der Waals surface area contributed by atoms with Crippen LogP contribution in [0.1, 0.15) is 30.0 Å². The summed E-state index contributed by atoms with van der Waals surface area (Å²) in [5, 5.41) is 0. The predicted octanol–water partition coefficient (Wildman–Crippen LogP) is 3.46. The van der Waals surface area contributed by atoms with Gasteiger partial charge < -0.3 is 14.5 Å². The standard InChI is InChI=1S/C25H31N3O3/c1-5-22-25(30)28(21-15-17(2)9-10-23(21)31-22)16-24(29)27-13-11-26(12-14-27)20-8-6-7-18(3)19(20)4/h6-10,15,22H,5,11-14,16H2,1-4H3/t22-/m1/s1. The highest BCUT2D eigenvalue weighted by Gasteiger charge is 2.35. The first-order chi connectivity index (χ1) is 14.9. The molecule has 2 aromatic rings. The molecule has 0 saturated carbocycles. The Morgan fingerprint density at radius 2 is 1.77 bits per heavy atom. The lowest BCUT2D eigenvalue weighted by Crippen LogP contribution is -2.54. The molecule has 6 nitrogen and oxygen atoms in total. The van der Waals surface area contributed by atoms with E-state index in [1.165, 1.54) is 16.8 Å². The summed E-state index contributed by atoms with van der Waals surface area (Å²) in [5.74, 6) is 0.519. The van der Waals surface area contributed by atoms with Crippen molar-refractivity contribution >= 4 is 23.2 Å². The van der Waals surface area contributed by atoms with E-state index in [9.17, 15) is 9.59 Å². The van der Waals surface area contributed by atoms with E-state index in [1.807, 2.05) is 36.9 Å². The summed E-state index contributed by atoms with van der Waals surface area (Å²) in [6, 6.07) is 12.1. The molecule has 0 spiro atoms. The van der Waals surface area contributed by atoms with Gasteiger partial charge in [0.25, 0.3) is 5.91 Å². The van der Waals surface area contributed by atoms with Crippen molar-refractivity contribution in [2.75, 3.05) is 42.5 Å². The van der Waals surface area contributed by atoms with Crippen molar-refractivity contribution in [2.45, 2.75) is 40.2 Å². The topological polar surface area (TPSA) is 53.1 Å². The van der Waals surface area contributed by atoms with Crippen LogP contribution in [0.5, 0.6) is 5.75 Å². The van der Waals surface area contributed by atoms with Gasteiger partial charge in [-0.2, -0.15) is 0 Å². The van der Waals surface area contributed by atoms with Gasteiger partial charge in [-0.15, -0.1) is 0 Å². The Labute approximate surface area is 184 Å². The van der Waals surface area contributed by atoms with E-state index < -0.39 is 6.10 Å². The van der Waals surface area contributed by atoms with Crippen LogP contribution in [0.2, 0.25) is 0 Å². The predicted molar refractivity (Wildman–Crippen MR) is 123 cm³/mol. The molecule has 1 saturated heterocycles. The second-order valence-corrected chi connectivity index (χ2v) is 8.50. The van der Waals surface area contributed by atoms with Gasteiger partial charge in [0, 0.05) is 31.9 Å². The van der Waals surface area contributed by atoms with Crippen molar-refractivity contribution in [1.29, 1.82) is 0 Å². The lowest BCUT2D eigenvalue weighted by Gasteiger charge is -2.39. The number of benzene rings is 2. The number of fused-ring (bicyclic) bond motifs is 1. The maximum Gasteiger partial charge on any atom is 0.268 e. The Bertz CT molecular complexity index is 996. The number of piperazine rings is 1. The molecular formula is C25H31N3O3. The van der Waals surface area contributed by atoms with Crippen LogP contribution in [-0.2, 0) is 9.59 Å². The third-order valence-corrected chi connectivity index (χ3v) is 6.43. The van der Waals surface area contributed by atoms with Crippen LogP contribution in [0.25, 0.3) is 0 Å². The molecule has 2 heterocycles. The molecule has 0 aliphatic carbocycles. The lowest BCUT2D eigenvalue weighted by molar-refractivity contribution is -0.133. The fourth-order valence-electron chi connectivity index (χ4n) is 4.37. The van der Waals surface area contributed by atoms with Gasteiger partial charge >= 0.3 is 0 Å². The van der Waals surface area contributed by atoms with Gasteiger partial charge in [0.05, 0.1) is 5.69 Å². The highest BCUT2D eigenvalue weighted by atomic mass is 16.5. The molecule has 0 unspecified atom stereocenters. The molecule has 4 rings (SSSR count). The van der Waals surface area contributed by atoms with Crippen LogP contribution in [0.15, 0.2) is 36.4 Å². The van der Waals surface area contributed by atoms with Crippen LogP contribution in [0, 0.1) is 20.8 Å². The van der Waals surface area contributed by atoms with Crippen LogP contribution >= 0.6 is 0 Å². The molecule has 0 aromatic heterocycles. The molecule has 2 amide bonds. The van der Waals surface area contributed by atoms with Crippen molar-refractivity contribution in [3.63, 3.8) is 0 Å². The molecular weight excluding hydrogens is 390 g/mol. The minimum atomic E-state index is -0.538. The number of carbonyl (C=O) groups is 2. The fourth-order valence-corrected chi connectivity index (χ4v) is 4.37.